The first-order valence-electron chi connectivity index (χ1n) is 1.82. The Kier molecular flexibility index (Phi) is 5.40. The van der Waals surface area contributed by atoms with Crippen LogP contribution in [-0.2, 0) is 26.7 Å². The third-order valence-electron chi connectivity index (χ3n) is 0.470. The van der Waals surface area contributed by atoms with E-state index >= 15 is 0 Å². The van der Waals surface area contributed by atoms with Crippen molar-refractivity contribution >= 4 is 15.4 Å². The average molecular weight is 218 g/mol. The molecule has 0 spiro atoms. The fourth-order valence-electron chi connectivity index (χ4n) is 0.142. The van der Waals surface area contributed by atoms with Gasteiger partial charge in [0.25, 0.3) is 0 Å². The topological polar surface area (TPSA) is 30.7 Å². The number of ether oxygens (including phenoxy) is 1. The summed E-state index contributed by atoms with van der Waals surface area (Å²) in [6, 6.07) is 0. The molecule has 0 heterocycles. The quantitative estimate of drug-likeness (QED) is 0.479. The summed E-state index contributed by atoms with van der Waals surface area (Å²) in [5, 5.41) is 0. The van der Waals surface area contributed by atoms with E-state index in [4.69, 9.17) is 9.42 Å². The summed E-state index contributed by atoms with van der Waals surface area (Å²) in [5.41, 5.74) is 0. The molecule has 0 aliphatic rings. The van der Waals surface area contributed by atoms with Gasteiger partial charge in [-0.3, -0.25) is 0 Å². The van der Waals surface area contributed by atoms with E-state index in [9.17, 15) is 4.79 Å². The van der Waals surface area contributed by atoms with Gasteiger partial charge in [0.05, 0.1) is 0 Å². The van der Waals surface area contributed by atoms with Crippen molar-refractivity contribution in [3.05, 3.63) is 3.31 Å². The average Bonchev–Trinajstić information content (AvgIpc) is 1.83. The van der Waals surface area contributed by atoms with Gasteiger partial charge in [0.2, 0.25) is 0 Å². The number of carbonyl (C=O) groups excluding carboxylic acids is 1. The zero-order chi connectivity index (χ0) is 6.41. The van der Waals surface area contributed by atoms with Gasteiger partial charge in [-0.15, -0.1) is 0 Å². The van der Waals surface area contributed by atoms with Gasteiger partial charge in [-0.2, -0.15) is 0 Å². The Bertz CT molecular complexity index is 138. The van der Waals surface area contributed by atoms with Crippen molar-refractivity contribution in [1.29, 1.82) is 0 Å². The van der Waals surface area contributed by atoms with Crippen molar-refractivity contribution in [2.75, 3.05) is 13.7 Å². The van der Waals surface area contributed by atoms with Gasteiger partial charge >= 0.3 is 59.0 Å². The van der Waals surface area contributed by atoms with Crippen LogP contribution < -0.4 is 0 Å². The van der Waals surface area contributed by atoms with Gasteiger partial charge in [-0.1, -0.05) is 0 Å². The zero-order valence-electron chi connectivity index (χ0n) is 4.26. The number of rotatable bonds is 1. The fourth-order valence-corrected chi connectivity index (χ4v) is 0.809. The molecule has 0 saturated carbocycles. The molecule has 8 heavy (non-hydrogen) atoms. The number of nitrogens with zero attached hydrogens (tertiary/aromatic N) is 1. The molecule has 0 aromatic carbocycles. The van der Waals surface area contributed by atoms with E-state index in [1.807, 2.05) is 0 Å². The maximum atomic E-state index is 10.2. The maximum absolute atomic E-state index is 10.2. The number of hydrogen-bond acceptors (Lipinski definition) is 2. The van der Waals surface area contributed by atoms with Gasteiger partial charge in [-0.05, 0) is 0 Å². The summed E-state index contributed by atoms with van der Waals surface area (Å²) in [5.74, 6) is -0.323. The Balaban J connectivity index is 3.35. The second-order valence-corrected chi connectivity index (χ2v) is 2.72. The van der Waals surface area contributed by atoms with Crippen LogP contribution in [0, 0.1) is 0 Å². The Morgan fingerprint density at radius 2 is 2.62 bits per heavy atom. The zero-order valence-corrected chi connectivity index (χ0v) is 7.02. The first-order chi connectivity index (χ1) is 3.81. The van der Waals surface area contributed by atoms with E-state index in [2.05, 4.69) is 8.05 Å². The van der Waals surface area contributed by atoms with Crippen molar-refractivity contribution in [2.45, 2.75) is 0 Å². The van der Waals surface area contributed by atoms with Crippen molar-refractivity contribution in [1.82, 2.24) is 0 Å². The van der Waals surface area contributed by atoms with Gasteiger partial charge in [0.1, 0.15) is 0 Å². The third-order valence-corrected chi connectivity index (χ3v) is 1.60. The minimum atomic E-state index is -0.778. The van der Waals surface area contributed by atoms with Crippen LogP contribution in [0.3, 0.4) is 0 Å². The summed E-state index contributed by atoms with van der Waals surface area (Å²) in [6.07, 6.45) is 0. The molecular formula is C3H5ClMoNO2+. The number of esters is 1. The van der Waals surface area contributed by atoms with Crippen molar-refractivity contribution < 1.29 is 26.7 Å². The summed E-state index contributed by atoms with van der Waals surface area (Å²) < 4.78 is 7.95. The second-order valence-electron chi connectivity index (χ2n) is 0.932. The van der Waals surface area contributed by atoms with Crippen LogP contribution in [0.1, 0.15) is 0 Å². The summed E-state index contributed by atoms with van der Waals surface area (Å²) >= 11 is -0.778. The summed E-state index contributed by atoms with van der Waals surface area (Å²) in [6.45, 7) is 0.113. The summed E-state index contributed by atoms with van der Waals surface area (Å²) in [7, 11) is 6.58. The number of methoxy groups -OCH3 is 1. The first kappa shape index (κ1) is 8.16. The third kappa shape index (κ3) is 4.32. The number of hydrogen-bond donors (Lipinski definition) is 0. The van der Waals surface area contributed by atoms with Crippen molar-refractivity contribution in [3.8, 4) is 0 Å². The molecule has 0 rings (SSSR count). The molecule has 0 radical (unpaired) electrons. The van der Waals surface area contributed by atoms with Crippen LogP contribution in [0.25, 0.3) is 3.31 Å². The van der Waals surface area contributed by atoms with Crippen LogP contribution in [0.15, 0.2) is 0 Å². The Hall–Kier alpha value is 0.158. The van der Waals surface area contributed by atoms with Gasteiger partial charge in [0, 0.05) is 0 Å². The molecule has 0 bridgehead atoms. The van der Waals surface area contributed by atoms with Gasteiger partial charge in [-0.25, -0.2) is 0 Å². The molecule has 46 valence electrons. The number of carbonyl (C=O) groups is 1. The standard InChI is InChI=1S/C3H5NO2.ClH.Mo/c1-6-3(5)2-4;;/h2H2,1H3;1H;/q+1;;+1/p-1. The Morgan fingerprint density at radius 3 is 3.00 bits per heavy atom. The Labute approximate surface area is 59.3 Å². The molecule has 0 aromatic heterocycles. The van der Waals surface area contributed by atoms with Crippen LogP contribution in [0.2, 0.25) is 0 Å². The van der Waals surface area contributed by atoms with E-state index in [1.165, 1.54) is 7.11 Å². The van der Waals surface area contributed by atoms with Crippen molar-refractivity contribution in [3.63, 3.8) is 0 Å². The molecule has 0 atom stereocenters. The molecule has 0 aromatic rings. The van der Waals surface area contributed by atoms with Gasteiger partial charge < -0.3 is 0 Å². The second kappa shape index (κ2) is 5.30. The van der Waals surface area contributed by atoms with E-state index in [-0.39, 0.29) is 12.5 Å². The molecule has 0 aliphatic heterocycles. The molecular weight excluding hydrogens is 213 g/mol. The van der Waals surface area contributed by atoms with E-state index in [1.54, 1.807) is 0 Å². The Morgan fingerprint density at radius 1 is 2.00 bits per heavy atom. The molecule has 0 saturated heterocycles. The molecule has 0 fully saturated rings. The molecule has 0 N–H and O–H groups in total. The summed E-state index contributed by atoms with van der Waals surface area (Å²) in [4.78, 5) is 10.2. The van der Waals surface area contributed by atoms with Crippen molar-refractivity contribution in [2.24, 2.45) is 0 Å². The van der Waals surface area contributed by atoms with Crippen LogP contribution in [0.5, 0.6) is 0 Å². The minimum absolute atomic E-state index is 0.113. The molecule has 0 unspecified atom stereocenters. The molecule has 0 amide bonds. The van der Waals surface area contributed by atoms with Crippen LogP contribution in [-0.4, -0.2) is 19.6 Å². The van der Waals surface area contributed by atoms with E-state index in [0.717, 1.165) is 0 Å². The fraction of sp³-hybridized carbons (Fsp3) is 0.667. The predicted octanol–water partition coefficient (Wildman–Crippen LogP) is 0.684. The van der Waals surface area contributed by atoms with E-state index < -0.39 is 17.2 Å². The van der Waals surface area contributed by atoms with Gasteiger partial charge in [0.15, 0.2) is 0 Å². The normalized spacial score (nSPS) is 7.25. The SMILES string of the molecule is COC(=O)C[N+]#[Mo][Cl]. The molecule has 0 aliphatic carbocycles. The van der Waals surface area contributed by atoms with Crippen LogP contribution in [0.4, 0.5) is 0 Å². The van der Waals surface area contributed by atoms with E-state index in [0.29, 0.717) is 0 Å². The molecule has 5 heteroatoms. The number of halogens is 1. The van der Waals surface area contributed by atoms with Crippen LogP contribution >= 0.6 is 9.42 Å². The molecule has 3 nitrogen and oxygen atoms in total. The predicted molar refractivity (Wildman–Crippen MR) is 26.1 cm³/mol. The first-order valence-corrected chi connectivity index (χ1v) is 5.31. The monoisotopic (exact) mass is 220 g/mol.